The van der Waals surface area contributed by atoms with Crippen LogP contribution in [0.15, 0.2) is 89.9 Å². The fraction of sp³-hybridized carbons (Fsp3) is 0.276. The summed E-state index contributed by atoms with van der Waals surface area (Å²) in [6.07, 6.45) is -0.315. The Balaban J connectivity index is 1.57. The maximum Gasteiger partial charge on any atom is 0.405 e. The monoisotopic (exact) mass is 484 g/mol. The summed E-state index contributed by atoms with van der Waals surface area (Å²) in [4.78, 5) is 32.1. The number of benzene rings is 3. The molecule has 0 aliphatic carbocycles. The van der Waals surface area contributed by atoms with Gasteiger partial charge in [0, 0.05) is 36.8 Å². The molecular weight excluding hydrogens is 452 g/mol. The van der Waals surface area contributed by atoms with Gasteiger partial charge in [-0.1, -0.05) is 78.9 Å². The summed E-state index contributed by atoms with van der Waals surface area (Å²) < 4.78 is 0. The Hall–Kier alpha value is -4.13. The first kappa shape index (κ1) is 25.0. The van der Waals surface area contributed by atoms with Gasteiger partial charge in [0.25, 0.3) is 0 Å². The Morgan fingerprint density at radius 3 is 2.33 bits per heavy atom. The number of amides is 2. The highest BCUT2D eigenvalue weighted by molar-refractivity contribution is 6.16. The number of benzodiazepines with no additional fused rings is 1. The van der Waals surface area contributed by atoms with E-state index in [2.05, 4.69) is 15.5 Å². The number of hydrogen-bond acceptors (Lipinski definition) is 4. The van der Waals surface area contributed by atoms with Crippen molar-refractivity contribution < 1.29 is 14.7 Å². The van der Waals surface area contributed by atoms with E-state index >= 15 is 0 Å². The fourth-order valence-electron chi connectivity index (χ4n) is 4.69. The number of fused-ring (bicyclic) bond motifs is 1. The van der Waals surface area contributed by atoms with Crippen molar-refractivity contribution in [3.8, 4) is 0 Å². The molecule has 2 unspecified atom stereocenters. The average Bonchev–Trinajstić information content (AvgIpc) is 3.01. The minimum atomic E-state index is -1.33. The highest BCUT2D eigenvalue weighted by Gasteiger charge is 2.39. The first-order valence-electron chi connectivity index (χ1n) is 12.1. The second kappa shape index (κ2) is 11.1. The Kier molecular flexibility index (Phi) is 7.68. The Morgan fingerprint density at radius 2 is 1.64 bits per heavy atom. The molecule has 1 aliphatic heterocycles. The molecule has 2 atom stereocenters. The van der Waals surface area contributed by atoms with Crippen molar-refractivity contribution in [3.05, 3.63) is 102 Å². The van der Waals surface area contributed by atoms with Crippen LogP contribution in [0.5, 0.6) is 0 Å². The third-order valence-electron chi connectivity index (χ3n) is 6.66. The molecule has 0 radical (unpaired) electrons. The van der Waals surface area contributed by atoms with E-state index in [1.807, 2.05) is 92.0 Å². The van der Waals surface area contributed by atoms with Gasteiger partial charge >= 0.3 is 6.09 Å². The van der Waals surface area contributed by atoms with Crippen molar-refractivity contribution in [1.82, 2.24) is 10.6 Å². The van der Waals surface area contributed by atoms with Crippen LogP contribution in [0.1, 0.15) is 30.0 Å². The molecule has 7 heteroatoms. The molecule has 1 aliphatic rings. The first-order chi connectivity index (χ1) is 17.4. The maximum absolute atomic E-state index is 13.3. The minimum absolute atomic E-state index is 0.205. The van der Waals surface area contributed by atoms with Crippen LogP contribution in [0.25, 0.3) is 0 Å². The number of aliphatic imine (C=N–C) groups is 1. The number of para-hydroxylation sites is 1. The van der Waals surface area contributed by atoms with Crippen molar-refractivity contribution >= 4 is 23.4 Å². The summed E-state index contributed by atoms with van der Waals surface area (Å²) in [7, 11) is 1.97. The van der Waals surface area contributed by atoms with Gasteiger partial charge in [0.2, 0.25) is 5.91 Å². The van der Waals surface area contributed by atoms with Crippen molar-refractivity contribution in [2.75, 3.05) is 25.0 Å². The second-order valence-electron chi connectivity index (χ2n) is 9.30. The molecule has 3 aromatic carbocycles. The lowest BCUT2D eigenvalue weighted by atomic mass is 9.90. The summed E-state index contributed by atoms with van der Waals surface area (Å²) in [5.74, 6) is -0.348. The van der Waals surface area contributed by atoms with Crippen LogP contribution in [0.2, 0.25) is 0 Å². The quantitative estimate of drug-likeness (QED) is 0.448. The molecule has 186 valence electrons. The number of nitrogens with zero attached hydrogens (tertiary/aromatic N) is 2. The smallest absolute Gasteiger partial charge is 0.405 e. The normalized spacial score (nSPS) is 16.7. The van der Waals surface area contributed by atoms with E-state index in [1.54, 1.807) is 6.92 Å². The molecule has 4 rings (SSSR count). The Labute approximate surface area is 211 Å². The number of nitrogens with one attached hydrogen (secondary N) is 2. The number of carboxylic acid groups (broad SMARTS) is 1. The summed E-state index contributed by atoms with van der Waals surface area (Å²) in [6.45, 7) is 2.48. The predicted octanol–water partition coefficient (Wildman–Crippen LogP) is 4.12. The van der Waals surface area contributed by atoms with Crippen LogP contribution in [0, 0.1) is 0 Å². The third kappa shape index (κ3) is 5.74. The van der Waals surface area contributed by atoms with E-state index < -0.39 is 11.6 Å². The van der Waals surface area contributed by atoms with Gasteiger partial charge in [-0.2, -0.15) is 0 Å². The van der Waals surface area contributed by atoms with Crippen LogP contribution in [-0.2, 0) is 11.2 Å². The molecular formula is C29H32N4O3. The lowest BCUT2D eigenvalue weighted by Gasteiger charge is -2.36. The number of hydrogen-bond donors (Lipinski definition) is 3. The molecule has 0 fully saturated rings. The molecule has 3 N–H and O–H groups in total. The van der Waals surface area contributed by atoms with Crippen LogP contribution >= 0.6 is 0 Å². The van der Waals surface area contributed by atoms with E-state index in [9.17, 15) is 14.7 Å². The zero-order valence-corrected chi connectivity index (χ0v) is 20.6. The lowest BCUT2D eigenvalue weighted by molar-refractivity contribution is -0.127. The second-order valence-corrected chi connectivity index (χ2v) is 9.30. The van der Waals surface area contributed by atoms with Crippen LogP contribution in [0.4, 0.5) is 10.5 Å². The summed E-state index contributed by atoms with van der Waals surface area (Å²) in [5, 5.41) is 15.0. The van der Waals surface area contributed by atoms with Crippen LogP contribution < -0.4 is 15.5 Å². The van der Waals surface area contributed by atoms with Gasteiger partial charge in [-0.25, -0.2) is 4.79 Å². The summed E-state index contributed by atoms with van der Waals surface area (Å²) in [6, 6.07) is 27.7. The molecule has 3 aromatic rings. The first-order valence-corrected chi connectivity index (χ1v) is 12.1. The largest absolute Gasteiger partial charge is 0.465 e. The van der Waals surface area contributed by atoms with E-state index in [4.69, 9.17) is 4.99 Å². The Morgan fingerprint density at radius 1 is 1.00 bits per heavy atom. The molecule has 0 spiro atoms. The van der Waals surface area contributed by atoms with Gasteiger partial charge in [0.1, 0.15) is 5.54 Å². The molecule has 2 amide bonds. The predicted molar refractivity (Wildman–Crippen MR) is 143 cm³/mol. The molecule has 7 nitrogen and oxygen atoms in total. The molecule has 36 heavy (non-hydrogen) atoms. The highest BCUT2D eigenvalue weighted by atomic mass is 16.4. The fourth-order valence-corrected chi connectivity index (χ4v) is 4.69. The topological polar surface area (TPSA) is 94.0 Å². The van der Waals surface area contributed by atoms with Crippen molar-refractivity contribution in [2.45, 2.75) is 31.3 Å². The van der Waals surface area contributed by atoms with E-state index in [1.165, 1.54) is 0 Å². The molecule has 1 heterocycles. The van der Waals surface area contributed by atoms with Gasteiger partial charge < -0.3 is 20.6 Å². The van der Waals surface area contributed by atoms with Crippen LogP contribution in [0.3, 0.4) is 0 Å². The van der Waals surface area contributed by atoms with Gasteiger partial charge in [0.05, 0.1) is 18.3 Å². The minimum Gasteiger partial charge on any atom is -0.465 e. The third-order valence-corrected chi connectivity index (χ3v) is 6.66. The number of likely N-dealkylation sites (N-methyl/N-ethyl adjacent to an activating group) is 1. The average molecular weight is 485 g/mol. The van der Waals surface area contributed by atoms with Gasteiger partial charge in [-0.3, -0.25) is 9.79 Å². The van der Waals surface area contributed by atoms with Gasteiger partial charge in [-0.15, -0.1) is 0 Å². The summed E-state index contributed by atoms with van der Waals surface area (Å²) >= 11 is 0. The van der Waals surface area contributed by atoms with E-state index in [0.717, 1.165) is 28.1 Å². The summed E-state index contributed by atoms with van der Waals surface area (Å²) in [5.41, 5.74) is 3.68. The highest BCUT2D eigenvalue weighted by Crippen LogP contribution is 2.30. The number of anilines is 1. The van der Waals surface area contributed by atoms with Crippen molar-refractivity contribution in [1.29, 1.82) is 0 Å². The molecule has 0 saturated carbocycles. The van der Waals surface area contributed by atoms with Crippen molar-refractivity contribution in [2.24, 2.45) is 4.99 Å². The standard InChI is InChI=1S/C29H32N4O3/c1-29(32-28(35)36,27(34)30-18-17-21-11-5-3-6-12-21)19-23-20-31-26(22-13-7-4-8-14-22)24-15-9-10-16-25(24)33(23)2/h3-16,23,32H,17-20H2,1-2H3,(H,30,34)(H,35,36). The van der Waals surface area contributed by atoms with E-state index in [0.29, 0.717) is 19.5 Å². The van der Waals surface area contributed by atoms with Crippen LogP contribution in [-0.4, -0.2) is 54.5 Å². The lowest BCUT2D eigenvalue weighted by Crippen LogP contribution is -2.59. The zero-order valence-electron chi connectivity index (χ0n) is 20.6. The Bertz CT molecular complexity index is 1230. The molecule has 0 aromatic heterocycles. The van der Waals surface area contributed by atoms with Crippen molar-refractivity contribution in [3.63, 3.8) is 0 Å². The van der Waals surface area contributed by atoms with Gasteiger partial charge in [0.15, 0.2) is 0 Å². The number of carbonyl (C=O) groups excluding carboxylic acids is 1. The number of rotatable bonds is 8. The SMILES string of the molecule is CN1c2ccccc2C(c2ccccc2)=NCC1CC(C)(NC(=O)O)C(=O)NCCc1ccccc1. The zero-order chi connectivity index (χ0) is 25.5. The maximum atomic E-state index is 13.3. The van der Waals surface area contributed by atoms with E-state index in [-0.39, 0.29) is 18.4 Å². The number of carbonyl (C=O) groups is 2. The molecule has 0 saturated heterocycles. The molecule has 0 bridgehead atoms. The van der Waals surface area contributed by atoms with Gasteiger partial charge in [-0.05, 0) is 25.0 Å².